The van der Waals surface area contributed by atoms with Crippen LogP contribution in [-0.4, -0.2) is 20.2 Å². The number of benzene rings is 2. The summed E-state index contributed by atoms with van der Waals surface area (Å²) >= 11 is 0. The smallest absolute Gasteiger partial charge is 0.318 e. The molecule has 0 aliphatic rings. The van der Waals surface area contributed by atoms with Crippen molar-refractivity contribution in [1.29, 1.82) is 0 Å². The van der Waals surface area contributed by atoms with E-state index in [9.17, 15) is 4.79 Å². The molecule has 0 aliphatic carbocycles. The van der Waals surface area contributed by atoms with E-state index in [4.69, 9.17) is 4.74 Å². The average molecular weight is 256 g/mol. The Bertz CT molecular complexity index is 621. The summed E-state index contributed by atoms with van der Waals surface area (Å²) in [6, 6.07) is 11.7. The summed E-state index contributed by atoms with van der Waals surface area (Å²) in [5.74, 6) is 0.772. The molecule has 98 valence electrons. The van der Waals surface area contributed by atoms with Crippen LogP contribution in [0, 0.1) is 0 Å². The zero-order chi connectivity index (χ0) is 13.7. The molecule has 0 heterocycles. The molecular weight excluding hydrogens is 240 g/mol. The molecule has 0 aromatic heterocycles. The van der Waals surface area contributed by atoms with Gasteiger partial charge in [0.05, 0.1) is 7.11 Å². The molecule has 0 fully saturated rings. The second-order valence-electron chi connectivity index (χ2n) is 3.96. The van der Waals surface area contributed by atoms with Crippen molar-refractivity contribution >= 4 is 22.9 Å². The van der Waals surface area contributed by atoms with Gasteiger partial charge in [0.1, 0.15) is 5.75 Å². The third-order valence-electron chi connectivity index (χ3n) is 2.84. The summed E-state index contributed by atoms with van der Waals surface area (Å²) < 4.78 is 5.36. The highest BCUT2D eigenvalue weighted by Gasteiger charge is 2.04. The predicted molar refractivity (Wildman–Crippen MR) is 77.1 cm³/mol. The van der Waals surface area contributed by atoms with Crippen LogP contribution in [0.15, 0.2) is 42.6 Å². The molecule has 19 heavy (non-hydrogen) atoms. The molecule has 0 saturated carbocycles. The molecule has 2 aromatic carbocycles. The summed E-state index contributed by atoms with van der Waals surface area (Å²) in [6.07, 6.45) is 3.43. The fourth-order valence-corrected chi connectivity index (χ4v) is 1.90. The minimum Gasteiger partial charge on any atom is -0.496 e. The third kappa shape index (κ3) is 2.85. The Hall–Kier alpha value is -2.49. The van der Waals surface area contributed by atoms with E-state index in [1.165, 1.54) is 0 Å². The second kappa shape index (κ2) is 5.91. The van der Waals surface area contributed by atoms with Crippen LogP contribution in [0.2, 0.25) is 0 Å². The minimum absolute atomic E-state index is 0.254. The number of hydrogen-bond donors (Lipinski definition) is 2. The molecule has 4 nitrogen and oxygen atoms in total. The molecule has 2 aromatic rings. The molecule has 0 atom stereocenters. The standard InChI is InChI=1S/C15H16N2O2/c1-16-15(18)17-10-9-13-12-6-4-3-5-11(12)7-8-14(13)19-2/h3-10H,1-2H3,(H2,16,17,18)/b10-9+. The summed E-state index contributed by atoms with van der Waals surface area (Å²) in [4.78, 5) is 11.1. The first kappa shape index (κ1) is 13.0. The molecule has 0 bridgehead atoms. The topological polar surface area (TPSA) is 50.4 Å². The number of rotatable bonds is 3. The largest absolute Gasteiger partial charge is 0.496 e. The van der Waals surface area contributed by atoms with Crippen molar-refractivity contribution in [2.75, 3.05) is 14.2 Å². The Morgan fingerprint density at radius 3 is 2.74 bits per heavy atom. The summed E-state index contributed by atoms with van der Waals surface area (Å²) in [7, 11) is 3.20. The molecule has 0 aliphatic heterocycles. The number of hydrogen-bond acceptors (Lipinski definition) is 2. The molecule has 2 amide bonds. The maximum atomic E-state index is 11.1. The van der Waals surface area contributed by atoms with Crippen LogP contribution >= 0.6 is 0 Å². The maximum Gasteiger partial charge on any atom is 0.318 e. The van der Waals surface area contributed by atoms with Gasteiger partial charge < -0.3 is 15.4 Å². The van der Waals surface area contributed by atoms with E-state index in [2.05, 4.69) is 10.6 Å². The number of methoxy groups -OCH3 is 1. The van der Waals surface area contributed by atoms with Crippen molar-refractivity contribution in [2.24, 2.45) is 0 Å². The quantitative estimate of drug-likeness (QED) is 0.887. The van der Waals surface area contributed by atoms with Gasteiger partial charge >= 0.3 is 6.03 Å². The van der Waals surface area contributed by atoms with E-state index < -0.39 is 0 Å². The van der Waals surface area contributed by atoms with Gasteiger partial charge in [-0.1, -0.05) is 30.3 Å². The van der Waals surface area contributed by atoms with Gasteiger partial charge in [0, 0.05) is 18.8 Å². The predicted octanol–water partition coefficient (Wildman–Crippen LogP) is 2.75. The Labute approximate surface area is 112 Å². The normalized spacial score (nSPS) is 10.6. The first-order valence-corrected chi connectivity index (χ1v) is 5.97. The monoisotopic (exact) mass is 256 g/mol. The summed E-state index contributed by atoms with van der Waals surface area (Å²) in [5.41, 5.74) is 0.942. The highest BCUT2D eigenvalue weighted by molar-refractivity contribution is 5.93. The van der Waals surface area contributed by atoms with Crippen LogP contribution in [0.4, 0.5) is 4.79 Å². The van der Waals surface area contributed by atoms with Crippen LogP contribution in [-0.2, 0) is 0 Å². The molecule has 0 unspecified atom stereocenters. The number of carbonyl (C=O) groups is 1. The van der Waals surface area contributed by atoms with E-state index in [1.807, 2.05) is 42.5 Å². The number of urea groups is 1. The lowest BCUT2D eigenvalue weighted by atomic mass is 10.0. The number of fused-ring (bicyclic) bond motifs is 1. The van der Waals surface area contributed by atoms with Gasteiger partial charge in [-0.3, -0.25) is 0 Å². The molecule has 0 radical (unpaired) electrons. The van der Waals surface area contributed by atoms with Crippen molar-refractivity contribution in [3.05, 3.63) is 48.2 Å². The minimum atomic E-state index is -0.254. The fourth-order valence-electron chi connectivity index (χ4n) is 1.90. The van der Waals surface area contributed by atoms with E-state index in [-0.39, 0.29) is 6.03 Å². The Kier molecular flexibility index (Phi) is 4.03. The number of carbonyl (C=O) groups excluding carboxylic acids is 1. The molecule has 2 rings (SSSR count). The Morgan fingerprint density at radius 2 is 2.00 bits per heavy atom. The lowest BCUT2D eigenvalue weighted by Gasteiger charge is -2.08. The molecule has 0 saturated heterocycles. The average Bonchev–Trinajstić information content (AvgIpc) is 2.47. The van der Waals surface area contributed by atoms with E-state index in [0.717, 1.165) is 22.1 Å². The van der Waals surface area contributed by atoms with Crippen molar-refractivity contribution < 1.29 is 9.53 Å². The Balaban J connectivity index is 2.41. The zero-order valence-electron chi connectivity index (χ0n) is 10.9. The van der Waals surface area contributed by atoms with Gasteiger partial charge in [-0.2, -0.15) is 0 Å². The van der Waals surface area contributed by atoms with Crippen LogP contribution < -0.4 is 15.4 Å². The van der Waals surface area contributed by atoms with Crippen molar-refractivity contribution in [1.82, 2.24) is 10.6 Å². The van der Waals surface area contributed by atoms with Crippen molar-refractivity contribution in [3.63, 3.8) is 0 Å². The Morgan fingerprint density at radius 1 is 1.21 bits per heavy atom. The van der Waals surface area contributed by atoms with Gasteiger partial charge in [0.25, 0.3) is 0 Å². The van der Waals surface area contributed by atoms with Crippen LogP contribution in [0.3, 0.4) is 0 Å². The van der Waals surface area contributed by atoms with Gasteiger partial charge in [-0.25, -0.2) is 4.79 Å². The first-order chi connectivity index (χ1) is 9.26. The van der Waals surface area contributed by atoms with Crippen molar-refractivity contribution in [3.8, 4) is 5.75 Å². The number of ether oxygens (including phenoxy) is 1. The lowest BCUT2D eigenvalue weighted by molar-refractivity contribution is 0.246. The molecular formula is C15H16N2O2. The third-order valence-corrected chi connectivity index (χ3v) is 2.84. The van der Waals surface area contributed by atoms with Crippen LogP contribution in [0.1, 0.15) is 5.56 Å². The molecule has 4 heteroatoms. The summed E-state index contributed by atoms with van der Waals surface area (Å²) in [5, 5.41) is 7.30. The number of nitrogens with one attached hydrogen (secondary N) is 2. The van der Waals surface area contributed by atoms with E-state index in [1.54, 1.807) is 20.4 Å². The molecule has 2 N–H and O–H groups in total. The second-order valence-corrected chi connectivity index (χ2v) is 3.96. The van der Waals surface area contributed by atoms with Gasteiger partial charge in [0.2, 0.25) is 0 Å². The molecule has 0 spiro atoms. The highest BCUT2D eigenvalue weighted by Crippen LogP contribution is 2.28. The van der Waals surface area contributed by atoms with E-state index >= 15 is 0 Å². The van der Waals surface area contributed by atoms with Gasteiger partial charge in [-0.15, -0.1) is 0 Å². The maximum absolute atomic E-state index is 11.1. The lowest BCUT2D eigenvalue weighted by Crippen LogP contribution is -2.28. The fraction of sp³-hybridized carbons (Fsp3) is 0.133. The SMILES string of the molecule is CNC(=O)N/C=C/c1c(OC)ccc2ccccc12. The zero-order valence-corrected chi connectivity index (χ0v) is 10.9. The van der Waals surface area contributed by atoms with Crippen LogP contribution in [0.5, 0.6) is 5.75 Å². The van der Waals surface area contributed by atoms with Crippen LogP contribution in [0.25, 0.3) is 16.8 Å². The van der Waals surface area contributed by atoms with Gasteiger partial charge in [-0.05, 0) is 22.9 Å². The van der Waals surface area contributed by atoms with Gasteiger partial charge in [0.15, 0.2) is 0 Å². The summed E-state index contributed by atoms with van der Waals surface area (Å²) in [6.45, 7) is 0. The highest BCUT2D eigenvalue weighted by atomic mass is 16.5. The number of amides is 2. The first-order valence-electron chi connectivity index (χ1n) is 5.97. The van der Waals surface area contributed by atoms with Crippen molar-refractivity contribution in [2.45, 2.75) is 0 Å². The van der Waals surface area contributed by atoms with E-state index in [0.29, 0.717) is 0 Å².